The Hall–Kier alpha value is -0.545. The molecule has 0 unspecified atom stereocenters. The van der Waals surface area contributed by atoms with Crippen LogP contribution in [-0.4, -0.2) is 44.0 Å². The highest BCUT2D eigenvalue weighted by Crippen LogP contribution is 1.84. The van der Waals surface area contributed by atoms with Crippen LogP contribution in [0.3, 0.4) is 0 Å². The second-order valence-electron chi connectivity index (χ2n) is 2.72. The van der Waals surface area contributed by atoms with Gasteiger partial charge in [0.25, 0.3) is 0 Å². The summed E-state index contributed by atoms with van der Waals surface area (Å²) in [5, 5.41) is 8.06. The summed E-state index contributed by atoms with van der Waals surface area (Å²) in [7, 11) is 6.79. The lowest BCUT2D eigenvalue weighted by Crippen LogP contribution is -2.46. The number of carbonyl (C=O) groups is 1. The summed E-state index contributed by atoms with van der Waals surface area (Å²) in [5.41, 5.74) is 1.51. The van der Waals surface area contributed by atoms with E-state index in [-0.39, 0.29) is 0 Å². The lowest BCUT2D eigenvalue weighted by atomic mass is 9.89. The van der Waals surface area contributed by atoms with Gasteiger partial charge in [-0.15, -0.1) is 0 Å². The average Bonchev–Trinajstić information content (AvgIpc) is 1.62. The molecule has 0 aromatic rings. The largest absolute Gasteiger partial charge is 0.560 e. The van der Waals surface area contributed by atoms with Gasteiger partial charge in [-0.3, -0.25) is 10.7 Å². The average molecular weight is 130 g/mol. The lowest BCUT2D eigenvalue weighted by molar-refractivity contribution is -0.753. The van der Waals surface area contributed by atoms with Crippen molar-refractivity contribution >= 4 is 13.2 Å². The van der Waals surface area contributed by atoms with E-state index >= 15 is 0 Å². The number of hydrogen-bond acceptors (Lipinski definition) is 2. The van der Waals surface area contributed by atoms with Crippen LogP contribution in [0.15, 0.2) is 0 Å². The van der Waals surface area contributed by atoms with E-state index in [1.165, 1.54) is 12.9 Å². The molecule has 0 saturated carbocycles. The van der Waals surface area contributed by atoms with Crippen molar-refractivity contribution in [1.29, 1.82) is 0 Å². The Morgan fingerprint density at radius 1 is 1.56 bits per heavy atom. The van der Waals surface area contributed by atoms with Gasteiger partial charge in [-0.2, -0.15) is 0 Å². The van der Waals surface area contributed by atoms with Crippen LogP contribution in [0.4, 0.5) is 4.79 Å². The Bertz CT molecular complexity index is 110. The Kier molecular flexibility index (Phi) is 2.67. The number of amides is 1. The highest BCUT2D eigenvalue weighted by atomic mass is 16.5. The number of quaternary nitrogens is 1. The van der Waals surface area contributed by atoms with Gasteiger partial charge in [-0.05, 0) is 0 Å². The minimum atomic E-state index is -0.484. The van der Waals surface area contributed by atoms with E-state index in [1.807, 2.05) is 21.1 Å². The highest BCUT2D eigenvalue weighted by Gasteiger charge is 1.98. The first-order valence-corrected chi connectivity index (χ1v) is 2.57. The quantitative estimate of drug-likeness (QED) is 0.298. The maximum absolute atomic E-state index is 10.4. The zero-order chi connectivity index (χ0) is 7.49. The SMILES string of the molecule is C[N+](C)(C)[B-]C(=O)NO. The molecule has 5 heteroatoms. The molecule has 0 saturated heterocycles. The summed E-state index contributed by atoms with van der Waals surface area (Å²) in [6.45, 7) is 0. The van der Waals surface area contributed by atoms with Crippen molar-refractivity contribution in [1.82, 2.24) is 5.48 Å². The van der Waals surface area contributed by atoms with E-state index in [0.717, 1.165) is 0 Å². The summed E-state index contributed by atoms with van der Waals surface area (Å²) in [6, 6.07) is 0. The third-order valence-corrected chi connectivity index (χ3v) is 0.615. The molecular formula is C4H11BN2O2. The van der Waals surface area contributed by atoms with Crippen molar-refractivity contribution in [2.45, 2.75) is 0 Å². The van der Waals surface area contributed by atoms with E-state index in [1.54, 1.807) is 0 Å². The van der Waals surface area contributed by atoms with E-state index in [4.69, 9.17) is 5.21 Å². The second-order valence-corrected chi connectivity index (χ2v) is 2.72. The summed E-state index contributed by atoms with van der Waals surface area (Å²) in [4.78, 5) is 10.4. The second kappa shape index (κ2) is 2.84. The Morgan fingerprint density at radius 3 is 2.11 bits per heavy atom. The van der Waals surface area contributed by atoms with Gasteiger partial charge in [0, 0.05) is 21.1 Å². The molecule has 0 aromatic carbocycles. The molecule has 0 aromatic heterocycles. The van der Waals surface area contributed by atoms with Gasteiger partial charge >= 0.3 is 0 Å². The standard InChI is InChI=1S/C4H10BN2O2/c1-7(2,3)5-4(8)6-9/h1-3H3,(H-,6,8,9)/q-1/p+1. The molecular weight excluding hydrogens is 119 g/mol. The summed E-state index contributed by atoms with van der Waals surface area (Å²) in [6.07, 6.45) is 0. The zero-order valence-corrected chi connectivity index (χ0v) is 5.88. The van der Waals surface area contributed by atoms with Gasteiger partial charge in [-0.1, -0.05) is 0 Å². The first kappa shape index (κ1) is 8.45. The van der Waals surface area contributed by atoms with Crippen molar-refractivity contribution in [3.05, 3.63) is 0 Å². The fourth-order valence-corrected chi connectivity index (χ4v) is 0.381. The fourth-order valence-electron chi connectivity index (χ4n) is 0.381. The number of hydrogen-bond donors (Lipinski definition) is 2. The highest BCUT2D eigenvalue weighted by molar-refractivity contribution is 6.67. The van der Waals surface area contributed by atoms with Crippen LogP contribution in [0.5, 0.6) is 0 Å². The molecule has 0 spiro atoms. The predicted octanol–water partition coefficient (Wildman–Crippen LogP) is -0.589. The first-order chi connectivity index (χ1) is 3.95. The molecule has 52 valence electrons. The number of carbonyl (C=O) groups excluding carboxylic acids is 1. The van der Waals surface area contributed by atoms with E-state index in [9.17, 15) is 4.79 Å². The van der Waals surface area contributed by atoms with Crippen LogP contribution in [0, 0.1) is 0 Å². The van der Waals surface area contributed by atoms with Crippen molar-refractivity contribution in [3.8, 4) is 0 Å². The Balaban J connectivity index is 3.60. The predicted molar refractivity (Wildman–Crippen MR) is 34.1 cm³/mol. The van der Waals surface area contributed by atoms with Crippen LogP contribution in [0.1, 0.15) is 0 Å². The van der Waals surface area contributed by atoms with Crippen molar-refractivity contribution in [2.75, 3.05) is 21.1 Å². The van der Waals surface area contributed by atoms with E-state index < -0.39 is 5.81 Å². The molecule has 0 bridgehead atoms. The van der Waals surface area contributed by atoms with Crippen molar-refractivity contribution < 1.29 is 14.4 Å². The summed E-state index contributed by atoms with van der Waals surface area (Å²) >= 11 is 0. The molecule has 0 atom stereocenters. The third-order valence-electron chi connectivity index (χ3n) is 0.615. The Morgan fingerprint density at radius 2 is 2.00 bits per heavy atom. The number of nitrogens with one attached hydrogen (secondary N) is 1. The van der Waals surface area contributed by atoms with Gasteiger partial charge in [0.2, 0.25) is 0 Å². The molecule has 2 radical (unpaired) electrons. The molecule has 0 aliphatic carbocycles. The lowest BCUT2D eigenvalue weighted by Gasteiger charge is -2.36. The van der Waals surface area contributed by atoms with Crippen LogP contribution in [-0.2, 0) is 0 Å². The maximum Gasteiger partial charge on any atom is 0.108 e. The normalized spacial score (nSPS) is 11.1. The molecule has 2 N–H and O–H groups in total. The van der Waals surface area contributed by atoms with Gasteiger partial charge in [-0.25, -0.2) is 0 Å². The van der Waals surface area contributed by atoms with Gasteiger partial charge in [0.05, 0.1) is 5.81 Å². The third kappa shape index (κ3) is 5.32. The summed E-state index contributed by atoms with van der Waals surface area (Å²) in [5.74, 6) is -0.484. The van der Waals surface area contributed by atoms with Crippen LogP contribution in [0.25, 0.3) is 0 Å². The van der Waals surface area contributed by atoms with Crippen molar-refractivity contribution in [3.63, 3.8) is 0 Å². The molecule has 0 fully saturated rings. The molecule has 0 rings (SSSR count). The smallest absolute Gasteiger partial charge is 0.108 e. The molecule has 0 aliphatic rings. The Labute approximate surface area is 55.3 Å². The minimum absolute atomic E-state index is 0.395. The zero-order valence-electron chi connectivity index (χ0n) is 5.88. The van der Waals surface area contributed by atoms with Gasteiger partial charge in [0.1, 0.15) is 7.41 Å². The van der Waals surface area contributed by atoms with Crippen molar-refractivity contribution in [2.24, 2.45) is 0 Å². The number of rotatable bonds is 2. The topological polar surface area (TPSA) is 49.3 Å². The molecule has 4 nitrogen and oxygen atoms in total. The molecule has 0 heterocycles. The van der Waals surface area contributed by atoms with E-state index in [2.05, 4.69) is 0 Å². The fraction of sp³-hybridized carbons (Fsp3) is 0.750. The van der Waals surface area contributed by atoms with Crippen LogP contribution >= 0.6 is 0 Å². The molecule has 1 amide bonds. The maximum atomic E-state index is 10.4. The van der Waals surface area contributed by atoms with Gasteiger partial charge < -0.3 is 9.19 Å². The monoisotopic (exact) mass is 130 g/mol. The van der Waals surface area contributed by atoms with E-state index in [0.29, 0.717) is 4.39 Å². The number of hydroxylamine groups is 1. The van der Waals surface area contributed by atoms with Crippen LogP contribution in [0.2, 0.25) is 0 Å². The summed E-state index contributed by atoms with van der Waals surface area (Å²) < 4.78 is 0.395. The molecule has 9 heavy (non-hydrogen) atoms. The van der Waals surface area contributed by atoms with Crippen LogP contribution < -0.4 is 5.48 Å². The number of nitrogens with zero attached hydrogens (tertiary/aromatic N) is 1. The minimum Gasteiger partial charge on any atom is -0.560 e. The van der Waals surface area contributed by atoms with Gasteiger partial charge in [0.15, 0.2) is 0 Å². The first-order valence-electron chi connectivity index (χ1n) is 2.57. The molecule has 0 aliphatic heterocycles.